The Kier molecular flexibility index (Phi) is 7.80. The molecule has 13 rings (SSSR count). The summed E-state index contributed by atoms with van der Waals surface area (Å²) in [7, 11) is 0. The fourth-order valence-corrected chi connectivity index (χ4v) is 9.37. The first-order valence-corrected chi connectivity index (χ1v) is 21.1. The zero-order valence-corrected chi connectivity index (χ0v) is 33.7. The lowest BCUT2D eigenvalue weighted by atomic mass is 9.98. The molecule has 0 saturated carbocycles. The van der Waals surface area contributed by atoms with Gasteiger partial charge in [0.05, 0.1) is 11.0 Å². The molecule has 0 spiro atoms. The smallest absolute Gasteiger partial charge is 0.164 e. The van der Waals surface area contributed by atoms with Gasteiger partial charge in [-0.1, -0.05) is 146 Å². The topological polar surface area (TPSA) is 69.9 Å². The molecule has 63 heavy (non-hydrogen) atoms. The maximum Gasteiger partial charge on any atom is 0.164 e. The van der Waals surface area contributed by atoms with Crippen molar-refractivity contribution in [1.82, 2.24) is 19.5 Å². The molecule has 0 radical (unpaired) electrons. The molecule has 0 aliphatic rings. The first kappa shape index (κ1) is 35.2. The van der Waals surface area contributed by atoms with Gasteiger partial charge >= 0.3 is 0 Å². The van der Waals surface area contributed by atoms with Crippen molar-refractivity contribution in [3.8, 4) is 62.1 Å². The molecule has 9 aromatic carbocycles. The number of furan rings is 2. The number of benzene rings is 9. The Morgan fingerprint density at radius 3 is 1.54 bits per heavy atom. The van der Waals surface area contributed by atoms with Crippen LogP contribution in [0.1, 0.15) is 0 Å². The number of hydrogen-bond donors (Lipinski definition) is 0. The summed E-state index contributed by atoms with van der Waals surface area (Å²) in [5, 5.41) is 6.65. The first-order valence-electron chi connectivity index (χ1n) is 21.1. The zero-order valence-electron chi connectivity index (χ0n) is 33.7. The van der Waals surface area contributed by atoms with Crippen LogP contribution in [0.2, 0.25) is 0 Å². The Bertz CT molecular complexity index is 3850. The lowest BCUT2D eigenvalue weighted by Gasteiger charge is -2.09. The predicted molar refractivity (Wildman–Crippen MR) is 256 cm³/mol. The molecule has 0 unspecified atom stereocenters. The second kappa shape index (κ2) is 14.0. The van der Waals surface area contributed by atoms with E-state index in [2.05, 4.69) is 144 Å². The van der Waals surface area contributed by atoms with Crippen LogP contribution >= 0.6 is 0 Å². The third-order valence-electron chi connectivity index (χ3n) is 12.3. The van der Waals surface area contributed by atoms with Gasteiger partial charge in [-0.25, -0.2) is 15.0 Å². The summed E-state index contributed by atoms with van der Waals surface area (Å²) >= 11 is 0. The van der Waals surface area contributed by atoms with Crippen molar-refractivity contribution in [3.05, 3.63) is 206 Å². The van der Waals surface area contributed by atoms with Crippen molar-refractivity contribution in [2.45, 2.75) is 0 Å². The molecule has 0 aliphatic heterocycles. The summed E-state index contributed by atoms with van der Waals surface area (Å²) in [5.41, 5.74) is 13.9. The van der Waals surface area contributed by atoms with Crippen LogP contribution in [0.4, 0.5) is 0 Å². The molecule has 4 heterocycles. The van der Waals surface area contributed by atoms with Crippen LogP contribution in [0.25, 0.3) is 128 Å². The predicted octanol–water partition coefficient (Wildman–Crippen LogP) is 15.1. The van der Waals surface area contributed by atoms with E-state index in [-0.39, 0.29) is 0 Å². The minimum atomic E-state index is 0.584. The first-order chi connectivity index (χ1) is 31.2. The number of rotatable bonds is 6. The van der Waals surface area contributed by atoms with Crippen molar-refractivity contribution >= 4 is 65.7 Å². The minimum Gasteiger partial charge on any atom is -0.456 e. The van der Waals surface area contributed by atoms with Gasteiger partial charge in [-0.3, -0.25) is 0 Å². The highest BCUT2D eigenvalue weighted by atomic mass is 16.3. The maximum atomic E-state index is 6.68. The van der Waals surface area contributed by atoms with Gasteiger partial charge in [-0.05, 0) is 82.9 Å². The normalized spacial score (nSPS) is 11.8. The lowest BCUT2D eigenvalue weighted by Crippen LogP contribution is -2.00. The van der Waals surface area contributed by atoms with Crippen LogP contribution in [0.5, 0.6) is 0 Å². The third-order valence-corrected chi connectivity index (χ3v) is 12.3. The number of fused-ring (bicyclic) bond motifs is 9. The molecule has 6 nitrogen and oxygen atoms in total. The number of hydrogen-bond acceptors (Lipinski definition) is 5. The molecule has 0 saturated heterocycles. The second-order valence-corrected chi connectivity index (χ2v) is 15.9. The minimum absolute atomic E-state index is 0.584. The molecule has 294 valence electrons. The van der Waals surface area contributed by atoms with E-state index < -0.39 is 0 Å². The second-order valence-electron chi connectivity index (χ2n) is 15.9. The van der Waals surface area contributed by atoms with Gasteiger partial charge in [0, 0.05) is 54.7 Å². The number of para-hydroxylation sites is 1. The summed E-state index contributed by atoms with van der Waals surface area (Å²) in [5.74, 6) is 1.82. The van der Waals surface area contributed by atoms with E-state index in [1.165, 1.54) is 21.9 Å². The molecule has 13 aromatic rings. The van der Waals surface area contributed by atoms with E-state index in [0.717, 1.165) is 88.4 Å². The van der Waals surface area contributed by atoms with Gasteiger partial charge in [0.1, 0.15) is 22.3 Å². The molecule has 0 aliphatic carbocycles. The summed E-state index contributed by atoms with van der Waals surface area (Å²) in [6.45, 7) is 0. The van der Waals surface area contributed by atoms with Crippen molar-refractivity contribution in [1.29, 1.82) is 0 Å². The Morgan fingerprint density at radius 2 is 0.841 bits per heavy atom. The summed E-state index contributed by atoms with van der Waals surface area (Å²) in [4.78, 5) is 14.8. The zero-order chi connectivity index (χ0) is 41.4. The van der Waals surface area contributed by atoms with Crippen molar-refractivity contribution in [2.24, 2.45) is 0 Å². The third kappa shape index (κ3) is 5.69. The van der Waals surface area contributed by atoms with E-state index in [9.17, 15) is 0 Å². The monoisotopic (exact) mass is 806 g/mol. The van der Waals surface area contributed by atoms with E-state index in [1.807, 2.05) is 66.7 Å². The average Bonchev–Trinajstić information content (AvgIpc) is 4.03. The summed E-state index contributed by atoms with van der Waals surface area (Å²) in [6, 6.07) is 71.6. The summed E-state index contributed by atoms with van der Waals surface area (Å²) in [6.07, 6.45) is 0. The van der Waals surface area contributed by atoms with Crippen LogP contribution < -0.4 is 0 Å². The van der Waals surface area contributed by atoms with Gasteiger partial charge in [0.2, 0.25) is 0 Å². The lowest BCUT2D eigenvalue weighted by molar-refractivity contribution is 0.668. The quantitative estimate of drug-likeness (QED) is 0.167. The Hall–Kier alpha value is -8.61. The van der Waals surface area contributed by atoms with Crippen LogP contribution in [-0.4, -0.2) is 19.5 Å². The molecule has 0 atom stereocenters. The SMILES string of the molecule is c1ccc(-c2nc(-c3ccccc3)nc(-c3ccc4c(c3)oc3cc(-c5cccc6oc7ccc(-n8c9ccccc9c9c(-c%10ccccc%10)cccc98)cc7c56)ccc34)n2)cc1. The Morgan fingerprint density at radius 1 is 0.302 bits per heavy atom. The van der Waals surface area contributed by atoms with Crippen LogP contribution in [0, 0.1) is 0 Å². The van der Waals surface area contributed by atoms with E-state index in [0.29, 0.717) is 17.5 Å². The Balaban J connectivity index is 0.933. The molecular weight excluding hydrogens is 773 g/mol. The molecule has 6 heteroatoms. The fourth-order valence-electron chi connectivity index (χ4n) is 9.37. The van der Waals surface area contributed by atoms with Gasteiger partial charge in [0.15, 0.2) is 17.5 Å². The standard InChI is InChI=1S/C57H34N4O2/c1-4-14-35(15-5-1)41-21-12-24-48-53(41)45-20-10-11-23-47(45)61(48)40-28-31-49-46(34-40)54-42(22-13-25-50(54)62-49)38-26-29-43-44-30-27-39(33-52(44)63-51(43)32-38)57-59-55(36-16-6-2-7-17-36)58-56(60-57)37-18-8-3-9-19-37/h1-34H. The number of nitrogens with zero attached hydrogens (tertiary/aromatic N) is 4. The van der Waals surface area contributed by atoms with Crippen LogP contribution in [-0.2, 0) is 0 Å². The molecular formula is C57H34N4O2. The van der Waals surface area contributed by atoms with E-state index in [1.54, 1.807) is 0 Å². The van der Waals surface area contributed by atoms with Crippen molar-refractivity contribution < 1.29 is 8.83 Å². The van der Waals surface area contributed by atoms with Gasteiger partial charge in [0.25, 0.3) is 0 Å². The van der Waals surface area contributed by atoms with Gasteiger partial charge in [-0.15, -0.1) is 0 Å². The maximum absolute atomic E-state index is 6.68. The van der Waals surface area contributed by atoms with Gasteiger partial charge in [-0.2, -0.15) is 0 Å². The highest BCUT2D eigenvalue weighted by Crippen LogP contribution is 2.43. The van der Waals surface area contributed by atoms with Crippen LogP contribution in [0.15, 0.2) is 215 Å². The number of aromatic nitrogens is 4. The molecule has 0 fully saturated rings. The average molecular weight is 807 g/mol. The van der Waals surface area contributed by atoms with Crippen molar-refractivity contribution in [2.75, 3.05) is 0 Å². The molecule has 0 bridgehead atoms. The van der Waals surface area contributed by atoms with E-state index >= 15 is 0 Å². The van der Waals surface area contributed by atoms with Crippen LogP contribution in [0.3, 0.4) is 0 Å². The molecule has 4 aromatic heterocycles. The summed E-state index contributed by atoms with van der Waals surface area (Å²) < 4.78 is 15.6. The molecule has 0 N–H and O–H groups in total. The highest BCUT2D eigenvalue weighted by Gasteiger charge is 2.20. The highest BCUT2D eigenvalue weighted by molar-refractivity contribution is 6.17. The molecule has 0 amide bonds. The largest absolute Gasteiger partial charge is 0.456 e. The van der Waals surface area contributed by atoms with E-state index in [4.69, 9.17) is 23.8 Å². The van der Waals surface area contributed by atoms with Crippen molar-refractivity contribution in [3.63, 3.8) is 0 Å². The van der Waals surface area contributed by atoms with Gasteiger partial charge < -0.3 is 13.4 Å². The Labute approximate surface area is 361 Å². The fraction of sp³-hybridized carbons (Fsp3) is 0.